The third-order valence-electron chi connectivity index (χ3n) is 1.40. The summed E-state index contributed by atoms with van der Waals surface area (Å²) in [5.41, 5.74) is 1.55. The quantitative estimate of drug-likeness (QED) is 0.603. The van der Waals surface area contributed by atoms with E-state index in [1.807, 2.05) is 10.9 Å². The molecule has 2 heteroatoms. The van der Waals surface area contributed by atoms with Gasteiger partial charge in [0.1, 0.15) is 0 Å². The van der Waals surface area contributed by atoms with E-state index >= 15 is 0 Å². The Labute approximate surface area is 68.2 Å². The average Bonchev–Trinajstić information content (AvgIpc) is 2.10. The topological polar surface area (TPSA) is 17.8 Å². The van der Waals surface area contributed by atoms with Gasteiger partial charge in [-0.1, -0.05) is 20.8 Å². The molecule has 0 aliphatic heterocycles. The molecule has 0 bridgehead atoms. The molecule has 0 atom stereocenters. The van der Waals surface area contributed by atoms with Gasteiger partial charge in [-0.05, 0) is 17.9 Å². The van der Waals surface area contributed by atoms with Crippen LogP contribution in [0, 0.1) is 12.3 Å². The Balaban J connectivity index is 2.65. The maximum atomic E-state index is 4.22. The molecule has 0 spiro atoms. The van der Waals surface area contributed by atoms with E-state index in [-0.39, 0.29) is 0 Å². The molecule has 0 N–H and O–H groups in total. The molecule has 0 aliphatic carbocycles. The molecule has 0 amide bonds. The zero-order chi connectivity index (χ0) is 8.48. The largest absolute Gasteiger partial charge is 0.272 e. The molecule has 11 heavy (non-hydrogen) atoms. The van der Waals surface area contributed by atoms with E-state index in [0.29, 0.717) is 5.41 Å². The summed E-state index contributed by atoms with van der Waals surface area (Å²) >= 11 is 0. The van der Waals surface area contributed by atoms with E-state index in [1.54, 1.807) is 0 Å². The van der Waals surface area contributed by atoms with Crippen molar-refractivity contribution < 1.29 is 0 Å². The van der Waals surface area contributed by atoms with Gasteiger partial charge in [-0.25, -0.2) is 0 Å². The van der Waals surface area contributed by atoms with Crippen molar-refractivity contribution in [3.8, 4) is 0 Å². The number of hydrogen-bond acceptors (Lipinski definition) is 1. The number of hydrogen-bond donors (Lipinski definition) is 0. The first-order chi connectivity index (χ1) is 4.97. The van der Waals surface area contributed by atoms with Crippen LogP contribution in [-0.4, -0.2) is 9.78 Å². The van der Waals surface area contributed by atoms with Gasteiger partial charge < -0.3 is 0 Å². The lowest BCUT2D eigenvalue weighted by atomic mass is 9.97. The number of aromatic nitrogens is 2. The van der Waals surface area contributed by atoms with Crippen molar-refractivity contribution in [2.24, 2.45) is 5.41 Å². The van der Waals surface area contributed by atoms with Gasteiger partial charge in [0, 0.05) is 12.7 Å². The lowest BCUT2D eigenvalue weighted by Gasteiger charge is -2.17. The molecular formula is C9H16N2. The van der Waals surface area contributed by atoms with Crippen LogP contribution in [0.5, 0.6) is 0 Å². The van der Waals surface area contributed by atoms with Gasteiger partial charge in [0.25, 0.3) is 0 Å². The minimum absolute atomic E-state index is 0.318. The summed E-state index contributed by atoms with van der Waals surface area (Å²) in [6, 6.07) is 0. The van der Waals surface area contributed by atoms with Crippen molar-refractivity contribution in [1.82, 2.24) is 9.78 Å². The number of nitrogens with zero attached hydrogens (tertiary/aromatic N) is 2. The van der Waals surface area contributed by atoms with Gasteiger partial charge in [0.15, 0.2) is 0 Å². The molecule has 62 valence electrons. The monoisotopic (exact) mass is 152 g/mol. The lowest BCUT2D eigenvalue weighted by Crippen LogP contribution is -2.15. The molecule has 1 rings (SSSR count). The molecule has 2 nitrogen and oxygen atoms in total. The highest BCUT2D eigenvalue weighted by Crippen LogP contribution is 2.15. The summed E-state index contributed by atoms with van der Waals surface area (Å²) in [5.74, 6) is 0. The first-order valence-electron chi connectivity index (χ1n) is 3.96. The minimum atomic E-state index is 0.318. The zero-order valence-corrected chi connectivity index (χ0v) is 7.76. The van der Waals surface area contributed by atoms with Crippen molar-refractivity contribution in [3.05, 3.63) is 18.0 Å². The summed E-state index contributed by atoms with van der Waals surface area (Å²) in [6.45, 7) is 9.69. The Morgan fingerprint density at radius 3 is 2.45 bits per heavy atom. The molecule has 0 aromatic carbocycles. The fourth-order valence-corrected chi connectivity index (χ4v) is 1.04. The predicted octanol–water partition coefficient (Wildman–Crippen LogP) is 2.24. The van der Waals surface area contributed by atoms with E-state index in [2.05, 4.69) is 39.0 Å². The van der Waals surface area contributed by atoms with Crippen molar-refractivity contribution in [2.75, 3.05) is 0 Å². The zero-order valence-electron chi connectivity index (χ0n) is 7.76. The van der Waals surface area contributed by atoms with Crippen molar-refractivity contribution in [2.45, 2.75) is 34.2 Å². The molecule has 0 radical (unpaired) electrons. The standard InChI is InChI=1S/C9H16N2/c1-8-5-10-11(6-8)7-9(2,3)4/h5-6H,7H2,1-4H3. The molecule has 0 saturated carbocycles. The third-order valence-corrected chi connectivity index (χ3v) is 1.40. The summed E-state index contributed by atoms with van der Waals surface area (Å²) in [6.07, 6.45) is 3.97. The second kappa shape index (κ2) is 2.68. The van der Waals surface area contributed by atoms with Gasteiger partial charge in [0.05, 0.1) is 6.20 Å². The summed E-state index contributed by atoms with van der Waals surface area (Å²) < 4.78 is 2.00. The molecule has 0 fully saturated rings. The fourth-order valence-electron chi connectivity index (χ4n) is 1.04. The summed E-state index contributed by atoms with van der Waals surface area (Å²) in [7, 11) is 0. The average molecular weight is 152 g/mol. The van der Waals surface area contributed by atoms with Crippen LogP contribution in [0.4, 0.5) is 0 Å². The van der Waals surface area contributed by atoms with Gasteiger partial charge in [0.2, 0.25) is 0 Å². The number of rotatable bonds is 1. The maximum absolute atomic E-state index is 4.22. The Bertz CT molecular complexity index is 230. The molecule has 1 heterocycles. The van der Waals surface area contributed by atoms with Crippen LogP contribution in [0.25, 0.3) is 0 Å². The van der Waals surface area contributed by atoms with Crippen LogP contribution < -0.4 is 0 Å². The highest BCUT2D eigenvalue weighted by molar-refractivity contribution is 4.99. The summed E-state index contributed by atoms with van der Waals surface area (Å²) in [5, 5.41) is 4.22. The normalized spacial score (nSPS) is 12.0. The Morgan fingerprint density at radius 1 is 1.45 bits per heavy atom. The van der Waals surface area contributed by atoms with Gasteiger partial charge in [-0.15, -0.1) is 0 Å². The van der Waals surface area contributed by atoms with Gasteiger partial charge in [-0.3, -0.25) is 4.68 Å². The van der Waals surface area contributed by atoms with Crippen LogP contribution in [0.2, 0.25) is 0 Å². The van der Waals surface area contributed by atoms with Gasteiger partial charge in [-0.2, -0.15) is 5.10 Å². The Morgan fingerprint density at radius 2 is 2.09 bits per heavy atom. The molecule has 1 aromatic rings. The van der Waals surface area contributed by atoms with Crippen molar-refractivity contribution in [3.63, 3.8) is 0 Å². The van der Waals surface area contributed by atoms with Crippen LogP contribution in [0.1, 0.15) is 26.3 Å². The SMILES string of the molecule is Cc1cnn(CC(C)(C)C)c1. The molecule has 0 saturated heterocycles. The van der Waals surface area contributed by atoms with E-state index in [4.69, 9.17) is 0 Å². The van der Waals surface area contributed by atoms with Crippen LogP contribution in [0.3, 0.4) is 0 Å². The Hall–Kier alpha value is -0.790. The van der Waals surface area contributed by atoms with Gasteiger partial charge >= 0.3 is 0 Å². The molecule has 0 aliphatic rings. The first kappa shape index (κ1) is 8.31. The number of aryl methyl sites for hydroxylation is 1. The highest BCUT2D eigenvalue weighted by Gasteiger charge is 2.10. The first-order valence-corrected chi connectivity index (χ1v) is 3.96. The van der Waals surface area contributed by atoms with Crippen LogP contribution in [0.15, 0.2) is 12.4 Å². The van der Waals surface area contributed by atoms with E-state index in [1.165, 1.54) is 5.56 Å². The molecule has 1 aromatic heterocycles. The minimum Gasteiger partial charge on any atom is -0.272 e. The second-order valence-corrected chi connectivity index (χ2v) is 4.28. The molecular weight excluding hydrogens is 136 g/mol. The van der Waals surface area contributed by atoms with E-state index in [9.17, 15) is 0 Å². The van der Waals surface area contributed by atoms with Crippen LogP contribution >= 0.6 is 0 Å². The second-order valence-electron chi connectivity index (χ2n) is 4.28. The molecule has 0 unspecified atom stereocenters. The van der Waals surface area contributed by atoms with Crippen LogP contribution in [-0.2, 0) is 6.54 Å². The van der Waals surface area contributed by atoms with E-state index in [0.717, 1.165) is 6.54 Å². The third kappa shape index (κ3) is 2.74. The highest BCUT2D eigenvalue weighted by atomic mass is 15.3. The van der Waals surface area contributed by atoms with E-state index < -0.39 is 0 Å². The maximum Gasteiger partial charge on any atom is 0.0518 e. The lowest BCUT2D eigenvalue weighted by molar-refractivity contribution is 0.325. The smallest absolute Gasteiger partial charge is 0.0518 e. The predicted molar refractivity (Wildman–Crippen MR) is 46.4 cm³/mol. The van der Waals surface area contributed by atoms with Crippen molar-refractivity contribution >= 4 is 0 Å². The van der Waals surface area contributed by atoms with Crippen molar-refractivity contribution in [1.29, 1.82) is 0 Å². The Kier molecular flexibility index (Phi) is 2.03. The fraction of sp³-hybridized carbons (Fsp3) is 0.667. The summed E-state index contributed by atoms with van der Waals surface area (Å²) in [4.78, 5) is 0.